The van der Waals surface area contributed by atoms with Gasteiger partial charge in [-0.05, 0) is 37.0 Å². The first-order valence-electron chi connectivity index (χ1n) is 7.71. The number of rotatable bonds is 6. The predicted octanol–water partition coefficient (Wildman–Crippen LogP) is 3.30. The maximum atomic E-state index is 11.7. The van der Waals surface area contributed by atoms with Gasteiger partial charge in [-0.15, -0.1) is 0 Å². The molecule has 0 atom stereocenters. The fourth-order valence-electron chi connectivity index (χ4n) is 2.77. The summed E-state index contributed by atoms with van der Waals surface area (Å²) in [7, 11) is 1.79. The second-order valence-electron chi connectivity index (χ2n) is 5.56. The third kappa shape index (κ3) is 3.06. The van der Waals surface area contributed by atoms with E-state index in [-0.39, 0.29) is 5.69 Å². The summed E-state index contributed by atoms with van der Waals surface area (Å²) in [5.41, 5.74) is 4.14. The van der Waals surface area contributed by atoms with Crippen molar-refractivity contribution in [3.8, 4) is 0 Å². The number of benzene rings is 2. The lowest BCUT2D eigenvalue weighted by molar-refractivity contribution is 0.763. The average Bonchev–Trinajstić information content (AvgIpc) is 2.83. The molecule has 0 saturated heterocycles. The Morgan fingerprint density at radius 3 is 2.68 bits per heavy atom. The van der Waals surface area contributed by atoms with Gasteiger partial charge in [-0.2, -0.15) is 0 Å². The van der Waals surface area contributed by atoms with Crippen molar-refractivity contribution in [2.24, 2.45) is 7.05 Å². The summed E-state index contributed by atoms with van der Waals surface area (Å²) in [5.74, 6) is 0. The van der Waals surface area contributed by atoms with E-state index in [0.717, 1.165) is 42.5 Å². The van der Waals surface area contributed by atoms with E-state index in [1.165, 1.54) is 5.56 Å². The maximum absolute atomic E-state index is 11.7. The molecule has 0 saturated carbocycles. The summed E-state index contributed by atoms with van der Waals surface area (Å²) in [4.78, 5) is 14.6. The number of aromatic nitrogens is 2. The quantitative estimate of drug-likeness (QED) is 0.686. The van der Waals surface area contributed by atoms with Crippen LogP contribution in [0.15, 0.2) is 53.3 Å². The second-order valence-corrected chi connectivity index (χ2v) is 5.56. The minimum absolute atomic E-state index is 0.0756. The van der Waals surface area contributed by atoms with Crippen LogP contribution in [0.4, 0.5) is 5.69 Å². The molecule has 0 unspecified atom stereocenters. The van der Waals surface area contributed by atoms with Gasteiger partial charge in [0, 0.05) is 13.6 Å². The molecule has 3 rings (SSSR count). The van der Waals surface area contributed by atoms with Gasteiger partial charge >= 0.3 is 5.69 Å². The Hall–Kier alpha value is -2.49. The van der Waals surface area contributed by atoms with Crippen molar-refractivity contribution in [2.75, 3.05) is 11.9 Å². The van der Waals surface area contributed by atoms with Crippen LogP contribution in [-0.2, 0) is 13.5 Å². The van der Waals surface area contributed by atoms with E-state index >= 15 is 0 Å². The number of nitrogens with zero attached hydrogens (tertiary/aromatic N) is 1. The molecule has 3 aromatic rings. The summed E-state index contributed by atoms with van der Waals surface area (Å²) < 4.78 is 1.65. The summed E-state index contributed by atoms with van der Waals surface area (Å²) >= 11 is 0. The lowest BCUT2D eigenvalue weighted by Crippen LogP contribution is -2.13. The number of hydrogen-bond donors (Lipinski definition) is 2. The number of H-pyrrole nitrogens is 1. The highest BCUT2D eigenvalue weighted by molar-refractivity contribution is 5.88. The first-order chi connectivity index (χ1) is 10.8. The van der Waals surface area contributed by atoms with Crippen molar-refractivity contribution < 1.29 is 0 Å². The highest BCUT2D eigenvalue weighted by atomic mass is 16.1. The molecule has 1 heterocycles. The minimum atomic E-state index is -0.0756. The number of nitrogens with one attached hydrogen (secondary N) is 2. The van der Waals surface area contributed by atoms with Gasteiger partial charge in [0.2, 0.25) is 0 Å². The first-order valence-corrected chi connectivity index (χ1v) is 7.71. The van der Waals surface area contributed by atoms with Crippen molar-refractivity contribution >= 4 is 16.7 Å². The molecule has 0 amide bonds. The Bertz CT molecular complexity index is 802. The molecule has 2 aromatic carbocycles. The zero-order valence-electron chi connectivity index (χ0n) is 12.8. The van der Waals surface area contributed by atoms with Crippen LogP contribution in [-0.4, -0.2) is 16.1 Å². The molecular weight excluding hydrogens is 274 g/mol. The Morgan fingerprint density at radius 2 is 1.86 bits per heavy atom. The predicted molar refractivity (Wildman–Crippen MR) is 91.4 cm³/mol. The Labute approximate surface area is 129 Å². The topological polar surface area (TPSA) is 49.8 Å². The molecule has 22 heavy (non-hydrogen) atoms. The monoisotopic (exact) mass is 295 g/mol. The smallest absolute Gasteiger partial charge is 0.326 e. The Kier molecular flexibility index (Phi) is 4.28. The van der Waals surface area contributed by atoms with Crippen LogP contribution in [0.25, 0.3) is 11.0 Å². The molecule has 2 N–H and O–H groups in total. The lowest BCUT2D eigenvalue weighted by atomic mass is 10.1. The third-order valence-electron chi connectivity index (χ3n) is 3.97. The molecule has 0 aliphatic heterocycles. The molecule has 0 aliphatic carbocycles. The van der Waals surface area contributed by atoms with Crippen LogP contribution in [0, 0.1) is 0 Å². The van der Waals surface area contributed by atoms with E-state index in [1.807, 2.05) is 24.3 Å². The molecule has 0 fully saturated rings. The molecule has 1 aromatic heterocycles. The highest BCUT2D eigenvalue weighted by Gasteiger charge is 2.07. The van der Waals surface area contributed by atoms with E-state index in [1.54, 1.807) is 11.6 Å². The molecule has 0 spiro atoms. The van der Waals surface area contributed by atoms with Gasteiger partial charge in [0.15, 0.2) is 0 Å². The van der Waals surface area contributed by atoms with Crippen LogP contribution < -0.4 is 11.0 Å². The summed E-state index contributed by atoms with van der Waals surface area (Å²) in [6.07, 6.45) is 3.36. The third-order valence-corrected chi connectivity index (χ3v) is 3.97. The Balaban J connectivity index is 1.57. The van der Waals surface area contributed by atoms with Gasteiger partial charge in [-0.25, -0.2) is 4.79 Å². The fraction of sp³-hybridized carbons (Fsp3) is 0.278. The number of fused-ring (bicyclic) bond motifs is 1. The summed E-state index contributed by atoms with van der Waals surface area (Å²) in [5, 5.41) is 3.45. The van der Waals surface area contributed by atoms with Gasteiger partial charge in [-0.3, -0.25) is 4.57 Å². The molecule has 0 bridgehead atoms. The van der Waals surface area contributed by atoms with Gasteiger partial charge in [0.05, 0.1) is 16.7 Å². The fourth-order valence-corrected chi connectivity index (χ4v) is 2.77. The van der Waals surface area contributed by atoms with Crippen molar-refractivity contribution in [2.45, 2.75) is 19.3 Å². The molecule has 4 nitrogen and oxygen atoms in total. The zero-order chi connectivity index (χ0) is 15.4. The SMILES string of the molecule is Cn1c(=O)[nH]c2cccc(NCCCCc3ccccc3)c21. The van der Waals surface area contributed by atoms with Crippen LogP contribution >= 0.6 is 0 Å². The van der Waals surface area contributed by atoms with Crippen LogP contribution in [0.1, 0.15) is 18.4 Å². The Morgan fingerprint density at radius 1 is 1.05 bits per heavy atom. The molecule has 0 aliphatic rings. The van der Waals surface area contributed by atoms with Crippen LogP contribution in [0.2, 0.25) is 0 Å². The van der Waals surface area contributed by atoms with Crippen molar-refractivity contribution in [1.82, 2.24) is 9.55 Å². The zero-order valence-corrected chi connectivity index (χ0v) is 12.8. The number of anilines is 1. The van der Waals surface area contributed by atoms with Crippen molar-refractivity contribution in [1.29, 1.82) is 0 Å². The first kappa shape index (κ1) is 14.4. The van der Waals surface area contributed by atoms with Crippen molar-refractivity contribution in [3.63, 3.8) is 0 Å². The van der Waals surface area contributed by atoms with E-state index in [9.17, 15) is 4.79 Å². The van der Waals surface area contributed by atoms with E-state index < -0.39 is 0 Å². The largest absolute Gasteiger partial charge is 0.383 e. The molecule has 114 valence electrons. The normalized spacial score (nSPS) is 11.0. The van der Waals surface area contributed by atoms with Gasteiger partial charge in [-0.1, -0.05) is 36.4 Å². The molecule has 4 heteroatoms. The number of unbranched alkanes of at least 4 members (excludes halogenated alkanes) is 1. The van der Waals surface area contributed by atoms with Gasteiger partial charge in [0.25, 0.3) is 0 Å². The number of para-hydroxylation sites is 1. The number of imidazole rings is 1. The van der Waals surface area contributed by atoms with E-state index in [0.29, 0.717) is 0 Å². The van der Waals surface area contributed by atoms with Gasteiger partial charge < -0.3 is 10.3 Å². The molecular formula is C18H21N3O. The second kappa shape index (κ2) is 6.52. The van der Waals surface area contributed by atoms with E-state index in [2.05, 4.69) is 34.6 Å². The van der Waals surface area contributed by atoms with Gasteiger partial charge in [0.1, 0.15) is 0 Å². The lowest BCUT2D eigenvalue weighted by Gasteiger charge is -2.08. The number of aryl methyl sites for hydroxylation is 2. The average molecular weight is 295 g/mol. The summed E-state index contributed by atoms with van der Waals surface area (Å²) in [6.45, 7) is 0.908. The van der Waals surface area contributed by atoms with Crippen molar-refractivity contribution in [3.05, 3.63) is 64.6 Å². The van der Waals surface area contributed by atoms with E-state index in [4.69, 9.17) is 0 Å². The summed E-state index contributed by atoms with van der Waals surface area (Å²) in [6, 6.07) is 16.5. The number of hydrogen-bond acceptors (Lipinski definition) is 2. The highest BCUT2D eigenvalue weighted by Crippen LogP contribution is 2.20. The molecule has 0 radical (unpaired) electrons. The van der Waals surface area contributed by atoms with Crippen LogP contribution in [0.5, 0.6) is 0 Å². The maximum Gasteiger partial charge on any atom is 0.326 e. The minimum Gasteiger partial charge on any atom is -0.383 e. The standard InChI is InChI=1S/C18H21N3O/c1-21-17-15(11-7-12-16(17)20-18(21)22)19-13-6-5-10-14-8-3-2-4-9-14/h2-4,7-9,11-12,19H,5-6,10,13H2,1H3,(H,20,22). The number of aromatic amines is 1. The van der Waals surface area contributed by atoms with Crippen LogP contribution in [0.3, 0.4) is 0 Å².